The predicted molar refractivity (Wildman–Crippen MR) is 92.4 cm³/mol. The second kappa shape index (κ2) is 6.02. The van der Waals surface area contributed by atoms with E-state index in [9.17, 15) is 4.79 Å². The van der Waals surface area contributed by atoms with Gasteiger partial charge in [0.2, 0.25) is 0 Å². The van der Waals surface area contributed by atoms with Crippen LogP contribution in [0.4, 0.5) is 0 Å². The molecule has 4 nitrogen and oxygen atoms in total. The standard InChI is InChI=1S/C17H19N3OS/c1-4-20(3)9-14-18-16(21)15-13(10-22-17(15)19-14)12-7-5-11(2)6-8-12/h5-8,10H,4,9H2,1-3H3,(H,18,19,21). The molecule has 2 aromatic heterocycles. The second-order valence-electron chi connectivity index (χ2n) is 5.54. The van der Waals surface area contributed by atoms with Crippen LogP contribution in [0.1, 0.15) is 18.3 Å². The summed E-state index contributed by atoms with van der Waals surface area (Å²) in [7, 11) is 2.01. The summed E-state index contributed by atoms with van der Waals surface area (Å²) < 4.78 is 0. The Balaban J connectivity index is 2.08. The van der Waals surface area contributed by atoms with Gasteiger partial charge in [0.1, 0.15) is 10.7 Å². The van der Waals surface area contributed by atoms with Crippen LogP contribution in [-0.2, 0) is 6.54 Å². The molecule has 114 valence electrons. The molecule has 0 aliphatic rings. The number of nitrogens with one attached hydrogen (secondary N) is 1. The first-order valence-electron chi connectivity index (χ1n) is 7.34. The van der Waals surface area contributed by atoms with Crippen LogP contribution in [0.2, 0.25) is 0 Å². The molecule has 0 saturated carbocycles. The van der Waals surface area contributed by atoms with E-state index >= 15 is 0 Å². The molecule has 0 aliphatic carbocycles. The Bertz CT molecular complexity index is 848. The molecule has 0 saturated heterocycles. The minimum absolute atomic E-state index is 0.0543. The van der Waals surface area contributed by atoms with E-state index in [1.807, 2.05) is 12.4 Å². The molecule has 0 radical (unpaired) electrons. The molecule has 3 rings (SSSR count). The van der Waals surface area contributed by atoms with Crippen molar-refractivity contribution in [3.8, 4) is 11.1 Å². The monoisotopic (exact) mass is 313 g/mol. The molecule has 0 amide bonds. The SMILES string of the molecule is CCN(C)Cc1nc2scc(-c3ccc(C)cc3)c2c(=O)[nH]1. The van der Waals surface area contributed by atoms with Crippen molar-refractivity contribution in [3.05, 3.63) is 51.4 Å². The predicted octanol–water partition coefficient (Wildman–Crippen LogP) is 3.41. The van der Waals surface area contributed by atoms with Crippen LogP contribution in [-0.4, -0.2) is 28.5 Å². The van der Waals surface area contributed by atoms with Crippen molar-refractivity contribution in [1.82, 2.24) is 14.9 Å². The second-order valence-corrected chi connectivity index (χ2v) is 6.40. The smallest absolute Gasteiger partial charge is 0.260 e. The van der Waals surface area contributed by atoms with E-state index in [2.05, 4.69) is 53.0 Å². The maximum atomic E-state index is 12.5. The van der Waals surface area contributed by atoms with Crippen LogP contribution >= 0.6 is 11.3 Å². The number of rotatable bonds is 4. The molecule has 0 atom stereocenters. The fourth-order valence-electron chi connectivity index (χ4n) is 2.38. The normalized spacial score (nSPS) is 11.5. The summed E-state index contributed by atoms with van der Waals surface area (Å²) in [5, 5.41) is 2.71. The quantitative estimate of drug-likeness (QED) is 0.803. The minimum Gasteiger partial charge on any atom is -0.309 e. The lowest BCUT2D eigenvalue weighted by molar-refractivity contribution is 0.336. The molecule has 5 heteroatoms. The van der Waals surface area contributed by atoms with E-state index in [4.69, 9.17) is 0 Å². The Morgan fingerprint density at radius 1 is 1.27 bits per heavy atom. The van der Waals surface area contributed by atoms with E-state index in [1.165, 1.54) is 16.9 Å². The first-order chi connectivity index (χ1) is 10.6. The summed E-state index contributed by atoms with van der Waals surface area (Å²) >= 11 is 1.53. The number of H-pyrrole nitrogens is 1. The van der Waals surface area contributed by atoms with E-state index in [1.54, 1.807) is 0 Å². The lowest BCUT2D eigenvalue weighted by atomic mass is 10.1. The van der Waals surface area contributed by atoms with Gasteiger partial charge in [-0.15, -0.1) is 11.3 Å². The maximum Gasteiger partial charge on any atom is 0.260 e. The summed E-state index contributed by atoms with van der Waals surface area (Å²) in [4.78, 5) is 22.9. The van der Waals surface area contributed by atoms with E-state index in [-0.39, 0.29) is 5.56 Å². The average molecular weight is 313 g/mol. The number of aryl methyl sites for hydroxylation is 1. The van der Waals surface area contributed by atoms with Crippen molar-refractivity contribution < 1.29 is 0 Å². The first kappa shape index (κ1) is 14.9. The first-order valence-corrected chi connectivity index (χ1v) is 8.22. The van der Waals surface area contributed by atoms with Gasteiger partial charge in [-0.2, -0.15) is 0 Å². The third-order valence-electron chi connectivity index (χ3n) is 3.82. The highest BCUT2D eigenvalue weighted by atomic mass is 32.1. The average Bonchev–Trinajstić information content (AvgIpc) is 2.92. The van der Waals surface area contributed by atoms with E-state index in [0.29, 0.717) is 11.9 Å². The van der Waals surface area contributed by atoms with Gasteiger partial charge in [0.15, 0.2) is 0 Å². The van der Waals surface area contributed by atoms with Gasteiger partial charge in [0.25, 0.3) is 5.56 Å². The number of hydrogen-bond donors (Lipinski definition) is 1. The van der Waals surface area contributed by atoms with Gasteiger partial charge < -0.3 is 4.98 Å². The molecule has 1 N–H and O–H groups in total. The largest absolute Gasteiger partial charge is 0.309 e. The van der Waals surface area contributed by atoms with Crippen LogP contribution in [0.25, 0.3) is 21.3 Å². The van der Waals surface area contributed by atoms with Crippen molar-refractivity contribution in [2.24, 2.45) is 0 Å². The number of benzene rings is 1. The molecule has 3 aromatic rings. The zero-order chi connectivity index (χ0) is 15.7. The fraction of sp³-hybridized carbons (Fsp3) is 0.294. The van der Waals surface area contributed by atoms with Crippen molar-refractivity contribution in [1.29, 1.82) is 0 Å². The minimum atomic E-state index is -0.0543. The molecular formula is C17H19N3OS. The Morgan fingerprint density at radius 3 is 2.68 bits per heavy atom. The lowest BCUT2D eigenvalue weighted by Crippen LogP contribution is -2.21. The summed E-state index contributed by atoms with van der Waals surface area (Å²) in [5.74, 6) is 0.721. The highest BCUT2D eigenvalue weighted by Crippen LogP contribution is 2.30. The number of aromatic nitrogens is 2. The number of fused-ring (bicyclic) bond motifs is 1. The van der Waals surface area contributed by atoms with Crippen LogP contribution in [0.5, 0.6) is 0 Å². The molecule has 1 aromatic carbocycles. The summed E-state index contributed by atoms with van der Waals surface area (Å²) in [6.45, 7) is 5.71. The molecule has 0 unspecified atom stereocenters. The Hall–Kier alpha value is -1.98. The van der Waals surface area contributed by atoms with Crippen LogP contribution < -0.4 is 5.56 Å². The molecular weight excluding hydrogens is 294 g/mol. The van der Waals surface area contributed by atoms with Crippen LogP contribution in [0, 0.1) is 6.92 Å². The van der Waals surface area contributed by atoms with Gasteiger partial charge >= 0.3 is 0 Å². The van der Waals surface area contributed by atoms with Gasteiger partial charge in [-0.3, -0.25) is 9.69 Å². The van der Waals surface area contributed by atoms with Gasteiger partial charge in [0, 0.05) is 10.9 Å². The third kappa shape index (κ3) is 2.82. The van der Waals surface area contributed by atoms with Gasteiger partial charge in [-0.25, -0.2) is 4.98 Å². The lowest BCUT2D eigenvalue weighted by Gasteiger charge is -2.12. The number of thiophene rings is 1. The summed E-state index contributed by atoms with van der Waals surface area (Å²) in [6.07, 6.45) is 0. The summed E-state index contributed by atoms with van der Waals surface area (Å²) in [6, 6.07) is 8.22. The molecule has 0 bridgehead atoms. The van der Waals surface area contributed by atoms with Crippen molar-refractivity contribution in [2.45, 2.75) is 20.4 Å². The van der Waals surface area contributed by atoms with Gasteiger partial charge in [0.05, 0.1) is 11.9 Å². The Kier molecular flexibility index (Phi) is 4.09. The van der Waals surface area contributed by atoms with E-state index in [0.717, 1.165) is 28.3 Å². The molecule has 0 aliphatic heterocycles. The third-order valence-corrected chi connectivity index (χ3v) is 4.69. The Labute approximate surface area is 133 Å². The van der Waals surface area contributed by atoms with Crippen molar-refractivity contribution in [3.63, 3.8) is 0 Å². The number of aromatic amines is 1. The van der Waals surface area contributed by atoms with Gasteiger partial charge in [-0.1, -0.05) is 36.8 Å². The van der Waals surface area contributed by atoms with Crippen molar-refractivity contribution >= 4 is 21.6 Å². The van der Waals surface area contributed by atoms with E-state index < -0.39 is 0 Å². The van der Waals surface area contributed by atoms with Crippen LogP contribution in [0.15, 0.2) is 34.4 Å². The molecule has 2 heterocycles. The highest BCUT2D eigenvalue weighted by Gasteiger charge is 2.13. The Morgan fingerprint density at radius 2 is 2.00 bits per heavy atom. The molecule has 0 spiro atoms. The molecule has 22 heavy (non-hydrogen) atoms. The van der Waals surface area contributed by atoms with Gasteiger partial charge in [-0.05, 0) is 26.1 Å². The highest BCUT2D eigenvalue weighted by molar-refractivity contribution is 7.17. The zero-order valence-corrected chi connectivity index (χ0v) is 13.8. The topological polar surface area (TPSA) is 49.0 Å². The maximum absolute atomic E-state index is 12.5. The number of nitrogens with zero attached hydrogens (tertiary/aromatic N) is 2. The zero-order valence-electron chi connectivity index (χ0n) is 13.0. The fourth-order valence-corrected chi connectivity index (χ4v) is 3.35. The van der Waals surface area contributed by atoms with Crippen LogP contribution in [0.3, 0.4) is 0 Å². The summed E-state index contributed by atoms with van der Waals surface area (Å²) in [5.41, 5.74) is 3.17. The number of hydrogen-bond acceptors (Lipinski definition) is 4. The molecule has 0 fully saturated rings. The van der Waals surface area contributed by atoms with Crippen molar-refractivity contribution in [2.75, 3.05) is 13.6 Å².